The number of hydrogen-bond donors (Lipinski definition) is 1. The highest BCUT2D eigenvalue weighted by Crippen LogP contribution is 2.30. The molecule has 1 N–H and O–H groups in total. The van der Waals surface area contributed by atoms with Gasteiger partial charge in [-0.3, -0.25) is 4.79 Å². The van der Waals surface area contributed by atoms with E-state index in [0.717, 1.165) is 35.6 Å². The fourth-order valence-electron chi connectivity index (χ4n) is 2.31. The molecule has 0 amide bonds. The number of thioether (sulfide) groups is 1. The van der Waals surface area contributed by atoms with Crippen molar-refractivity contribution in [2.45, 2.75) is 38.4 Å². The normalized spacial score (nSPS) is 11.4. The molecular weight excluding hydrogens is 308 g/mol. The summed E-state index contributed by atoms with van der Waals surface area (Å²) in [7, 11) is 0. The predicted molar refractivity (Wildman–Crippen MR) is 87.2 cm³/mol. The summed E-state index contributed by atoms with van der Waals surface area (Å²) in [5, 5.41) is 10.2. The maximum Gasteiger partial charge on any atom is 0.313 e. The zero-order chi connectivity index (χ0) is 15.4. The molecule has 0 aliphatic heterocycles. The average Bonchev–Trinajstić information content (AvgIpc) is 2.82. The van der Waals surface area contributed by atoms with Crippen molar-refractivity contribution >= 4 is 40.4 Å². The van der Waals surface area contributed by atoms with Crippen molar-refractivity contribution in [3.8, 4) is 0 Å². The van der Waals surface area contributed by atoms with E-state index >= 15 is 0 Å². The van der Waals surface area contributed by atoms with Crippen LogP contribution in [0.4, 0.5) is 0 Å². The predicted octanol–water partition coefficient (Wildman–Crippen LogP) is 4.30. The average molecular weight is 327 g/mol. The topological polar surface area (TPSA) is 55.1 Å². The SMILES string of the molecule is CCC(CC)Cn1c(SCC(=O)O)nc2c(Cl)cccc21. The van der Waals surface area contributed by atoms with E-state index in [4.69, 9.17) is 16.7 Å². The van der Waals surface area contributed by atoms with Crippen LogP contribution in [0.15, 0.2) is 23.4 Å². The van der Waals surface area contributed by atoms with E-state index < -0.39 is 5.97 Å². The lowest BCUT2D eigenvalue weighted by Gasteiger charge is -2.15. The second-order valence-corrected chi connectivity index (χ2v) is 6.33. The van der Waals surface area contributed by atoms with Crippen molar-refractivity contribution in [3.05, 3.63) is 23.2 Å². The Labute approximate surface area is 133 Å². The highest BCUT2D eigenvalue weighted by molar-refractivity contribution is 7.99. The number of carbonyl (C=O) groups is 1. The minimum Gasteiger partial charge on any atom is -0.481 e. The minimum absolute atomic E-state index is 0.00383. The zero-order valence-corrected chi connectivity index (χ0v) is 13.7. The standard InChI is InChI=1S/C15H19ClN2O2S/c1-3-10(4-2)8-18-12-7-5-6-11(16)14(12)17-15(18)21-9-13(19)20/h5-7,10H,3-4,8-9H2,1-2H3,(H,19,20). The smallest absolute Gasteiger partial charge is 0.313 e. The minimum atomic E-state index is -0.841. The van der Waals surface area contributed by atoms with Crippen molar-refractivity contribution < 1.29 is 9.90 Å². The van der Waals surface area contributed by atoms with Crippen LogP contribution in [-0.2, 0) is 11.3 Å². The third-order valence-electron chi connectivity index (χ3n) is 3.61. The molecule has 1 aromatic carbocycles. The molecule has 0 aliphatic carbocycles. The summed E-state index contributed by atoms with van der Waals surface area (Å²) in [5.41, 5.74) is 1.72. The number of aliphatic carboxylic acids is 1. The first kappa shape index (κ1) is 16.2. The first-order valence-electron chi connectivity index (χ1n) is 7.06. The fourth-order valence-corrected chi connectivity index (χ4v) is 3.26. The van der Waals surface area contributed by atoms with Gasteiger partial charge < -0.3 is 9.67 Å². The quantitative estimate of drug-likeness (QED) is 0.771. The number of benzene rings is 1. The number of halogens is 1. The van der Waals surface area contributed by atoms with Crippen LogP contribution in [0.2, 0.25) is 5.02 Å². The number of fused-ring (bicyclic) bond motifs is 1. The van der Waals surface area contributed by atoms with Gasteiger partial charge >= 0.3 is 5.97 Å². The Morgan fingerprint density at radius 3 is 2.76 bits per heavy atom. The van der Waals surface area contributed by atoms with Crippen LogP contribution in [0, 0.1) is 5.92 Å². The van der Waals surface area contributed by atoms with E-state index in [1.165, 1.54) is 11.8 Å². The molecule has 0 radical (unpaired) electrons. The molecule has 0 spiro atoms. The molecule has 0 fully saturated rings. The summed E-state index contributed by atoms with van der Waals surface area (Å²) in [5.74, 6) is -0.290. The lowest BCUT2D eigenvalue weighted by molar-refractivity contribution is -0.133. The molecule has 2 rings (SSSR count). The Morgan fingerprint density at radius 1 is 1.43 bits per heavy atom. The third kappa shape index (κ3) is 3.71. The summed E-state index contributed by atoms with van der Waals surface area (Å²) in [6.07, 6.45) is 2.17. The Bertz CT molecular complexity index is 638. The van der Waals surface area contributed by atoms with E-state index in [9.17, 15) is 4.79 Å². The van der Waals surface area contributed by atoms with Crippen LogP contribution in [-0.4, -0.2) is 26.4 Å². The van der Waals surface area contributed by atoms with Crippen molar-refractivity contribution in [1.82, 2.24) is 9.55 Å². The number of imidazole rings is 1. The van der Waals surface area contributed by atoms with Crippen molar-refractivity contribution in [1.29, 1.82) is 0 Å². The first-order chi connectivity index (χ1) is 10.1. The van der Waals surface area contributed by atoms with Gasteiger partial charge in [0.15, 0.2) is 5.16 Å². The summed E-state index contributed by atoms with van der Waals surface area (Å²) in [4.78, 5) is 15.4. The van der Waals surface area contributed by atoms with Gasteiger partial charge in [0.2, 0.25) is 0 Å². The molecule has 0 aliphatic rings. The highest BCUT2D eigenvalue weighted by Gasteiger charge is 2.16. The van der Waals surface area contributed by atoms with Crippen molar-refractivity contribution in [3.63, 3.8) is 0 Å². The Balaban J connectivity index is 2.44. The molecular formula is C15H19ClN2O2S. The van der Waals surface area contributed by atoms with Gasteiger partial charge in [0, 0.05) is 6.54 Å². The molecule has 4 nitrogen and oxygen atoms in total. The van der Waals surface area contributed by atoms with Gasteiger partial charge in [-0.05, 0) is 18.1 Å². The van der Waals surface area contributed by atoms with E-state index in [0.29, 0.717) is 10.9 Å². The molecule has 0 saturated heterocycles. The summed E-state index contributed by atoms with van der Waals surface area (Å²) < 4.78 is 2.10. The van der Waals surface area contributed by atoms with Gasteiger partial charge in [-0.2, -0.15) is 0 Å². The van der Waals surface area contributed by atoms with Crippen LogP contribution in [0.1, 0.15) is 26.7 Å². The molecule has 2 aromatic rings. The lowest BCUT2D eigenvalue weighted by Crippen LogP contribution is -2.11. The number of carboxylic acids is 1. The highest BCUT2D eigenvalue weighted by atomic mass is 35.5. The maximum atomic E-state index is 10.8. The molecule has 1 heterocycles. The lowest BCUT2D eigenvalue weighted by atomic mass is 10.0. The second-order valence-electron chi connectivity index (χ2n) is 4.98. The molecule has 114 valence electrons. The summed E-state index contributed by atoms with van der Waals surface area (Å²) in [6.45, 7) is 5.18. The Morgan fingerprint density at radius 2 is 2.14 bits per heavy atom. The monoisotopic (exact) mass is 326 g/mol. The number of para-hydroxylation sites is 1. The summed E-state index contributed by atoms with van der Waals surface area (Å²) >= 11 is 7.45. The number of hydrogen-bond acceptors (Lipinski definition) is 3. The zero-order valence-electron chi connectivity index (χ0n) is 12.2. The first-order valence-corrected chi connectivity index (χ1v) is 8.42. The van der Waals surface area contributed by atoms with E-state index in [1.807, 2.05) is 18.2 Å². The van der Waals surface area contributed by atoms with Gasteiger partial charge in [0.25, 0.3) is 0 Å². The third-order valence-corrected chi connectivity index (χ3v) is 4.88. The van der Waals surface area contributed by atoms with Gasteiger partial charge in [0.1, 0.15) is 5.52 Å². The van der Waals surface area contributed by atoms with Crippen LogP contribution >= 0.6 is 23.4 Å². The molecule has 0 atom stereocenters. The van der Waals surface area contributed by atoms with E-state index in [1.54, 1.807) is 0 Å². The molecule has 0 unspecified atom stereocenters. The number of nitrogens with zero attached hydrogens (tertiary/aromatic N) is 2. The van der Waals surface area contributed by atoms with E-state index in [-0.39, 0.29) is 5.75 Å². The van der Waals surface area contributed by atoms with Gasteiger partial charge in [0.05, 0.1) is 16.3 Å². The van der Waals surface area contributed by atoms with Crippen molar-refractivity contribution in [2.24, 2.45) is 5.92 Å². The van der Waals surface area contributed by atoms with Gasteiger partial charge in [-0.15, -0.1) is 0 Å². The van der Waals surface area contributed by atoms with Gasteiger partial charge in [-0.1, -0.05) is 56.1 Å². The Kier molecular flexibility index (Phi) is 5.53. The molecule has 0 saturated carbocycles. The van der Waals surface area contributed by atoms with Crippen LogP contribution < -0.4 is 0 Å². The maximum absolute atomic E-state index is 10.8. The van der Waals surface area contributed by atoms with Crippen molar-refractivity contribution in [2.75, 3.05) is 5.75 Å². The van der Waals surface area contributed by atoms with Crippen LogP contribution in [0.25, 0.3) is 11.0 Å². The number of rotatable bonds is 7. The fraction of sp³-hybridized carbons (Fsp3) is 0.467. The molecule has 21 heavy (non-hydrogen) atoms. The molecule has 1 aromatic heterocycles. The van der Waals surface area contributed by atoms with E-state index in [2.05, 4.69) is 23.4 Å². The molecule has 0 bridgehead atoms. The Hall–Kier alpha value is -1.20. The number of aromatic nitrogens is 2. The number of carboxylic acid groups (broad SMARTS) is 1. The van der Waals surface area contributed by atoms with Crippen LogP contribution in [0.5, 0.6) is 0 Å². The van der Waals surface area contributed by atoms with Crippen LogP contribution in [0.3, 0.4) is 0 Å². The second kappa shape index (κ2) is 7.18. The summed E-state index contributed by atoms with van der Waals surface area (Å²) in [6, 6.07) is 5.70. The molecule has 6 heteroatoms. The van der Waals surface area contributed by atoms with Gasteiger partial charge in [-0.25, -0.2) is 4.98 Å². The largest absolute Gasteiger partial charge is 0.481 e.